The second-order valence-electron chi connectivity index (χ2n) is 11.4. The quantitative estimate of drug-likeness (QED) is 0.258. The van der Waals surface area contributed by atoms with Crippen molar-refractivity contribution in [1.82, 2.24) is 20.2 Å². The highest BCUT2D eigenvalue weighted by atomic mass is 19.1. The summed E-state index contributed by atoms with van der Waals surface area (Å²) in [6, 6.07) is 7.45. The first-order valence-corrected chi connectivity index (χ1v) is 12.6. The van der Waals surface area contributed by atoms with Gasteiger partial charge in [-0.05, 0) is 53.5 Å². The number of aromatic nitrogens is 2. The van der Waals surface area contributed by atoms with Crippen molar-refractivity contribution in [2.24, 2.45) is 0 Å². The summed E-state index contributed by atoms with van der Waals surface area (Å²) >= 11 is 0. The molecule has 1 aromatic carbocycles. The summed E-state index contributed by atoms with van der Waals surface area (Å²) in [7, 11) is 0. The molecule has 0 spiro atoms. The lowest BCUT2D eigenvalue weighted by atomic mass is 9.79. The SMILES string of the molecule is Cc1[nH]cnc1CN(Cc1ccccc1F)C1CC(C)(C)NC(C)(C)C1.O=C(O)CC(O)(CC(=O)O)C(=O)O. The predicted octanol–water partition coefficient (Wildman–Crippen LogP) is 2.92. The zero-order chi connectivity index (χ0) is 29.6. The molecule has 1 aliphatic rings. The van der Waals surface area contributed by atoms with Crippen LogP contribution in [0.4, 0.5) is 4.39 Å². The van der Waals surface area contributed by atoms with E-state index in [4.69, 9.17) is 20.4 Å². The molecule has 2 heterocycles. The van der Waals surface area contributed by atoms with Gasteiger partial charge in [0.1, 0.15) is 5.82 Å². The van der Waals surface area contributed by atoms with Crippen LogP contribution in [0.2, 0.25) is 0 Å². The summed E-state index contributed by atoms with van der Waals surface area (Å²) in [6.07, 6.45) is 1.49. The molecule has 0 unspecified atom stereocenters. The van der Waals surface area contributed by atoms with Crippen LogP contribution in [0.1, 0.15) is 70.3 Å². The average Bonchev–Trinajstić information content (AvgIpc) is 3.16. The summed E-state index contributed by atoms with van der Waals surface area (Å²) in [6.45, 7) is 12.4. The van der Waals surface area contributed by atoms with Crippen LogP contribution in [0.15, 0.2) is 30.6 Å². The van der Waals surface area contributed by atoms with Gasteiger partial charge in [0.25, 0.3) is 0 Å². The molecule has 2 aromatic rings. The third kappa shape index (κ3) is 9.72. The smallest absolute Gasteiger partial charge is 0.336 e. The first kappa shape index (κ1) is 31.9. The monoisotopic (exact) mass is 550 g/mol. The van der Waals surface area contributed by atoms with E-state index in [0.29, 0.717) is 12.6 Å². The average molecular weight is 551 g/mol. The van der Waals surface area contributed by atoms with E-state index in [0.717, 1.165) is 36.3 Å². The number of carboxylic acid groups (broad SMARTS) is 3. The van der Waals surface area contributed by atoms with Crippen molar-refractivity contribution in [3.8, 4) is 0 Å². The van der Waals surface area contributed by atoms with Gasteiger partial charge in [0.15, 0.2) is 5.60 Å². The van der Waals surface area contributed by atoms with Crippen LogP contribution in [-0.4, -0.2) is 75.9 Å². The molecule has 39 heavy (non-hydrogen) atoms. The summed E-state index contributed by atoms with van der Waals surface area (Å²) in [5.41, 5.74) is 0.208. The highest BCUT2D eigenvalue weighted by Gasteiger charge is 2.41. The molecular formula is C27H39FN4O7. The lowest BCUT2D eigenvalue weighted by Gasteiger charge is -2.49. The topological polar surface area (TPSA) is 176 Å². The molecule has 1 fully saturated rings. The summed E-state index contributed by atoms with van der Waals surface area (Å²) in [4.78, 5) is 40.5. The Morgan fingerprint density at radius 2 is 1.56 bits per heavy atom. The summed E-state index contributed by atoms with van der Waals surface area (Å²) in [5.74, 6) is -5.15. The molecule has 0 atom stereocenters. The van der Waals surface area contributed by atoms with Gasteiger partial charge in [-0.15, -0.1) is 0 Å². The van der Waals surface area contributed by atoms with E-state index in [-0.39, 0.29) is 16.9 Å². The number of carbonyl (C=O) groups is 3. The number of halogens is 1. The number of aliphatic carboxylic acids is 3. The Bertz CT molecular complexity index is 1130. The predicted molar refractivity (Wildman–Crippen MR) is 140 cm³/mol. The Hall–Kier alpha value is -3.35. The van der Waals surface area contributed by atoms with E-state index < -0.39 is 36.4 Å². The number of hydrogen-bond acceptors (Lipinski definition) is 7. The summed E-state index contributed by atoms with van der Waals surface area (Å²) < 4.78 is 14.3. The molecule has 0 bridgehead atoms. The maximum Gasteiger partial charge on any atom is 0.336 e. The van der Waals surface area contributed by atoms with Gasteiger partial charge >= 0.3 is 17.9 Å². The fourth-order valence-electron chi connectivity index (χ4n) is 5.14. The standard InChI is InChI=1S/C21H31FN4.C6H8O7/c1-15-19(24-14-23-15)13-26(12-16-8-6-7-9-18(16)22)17-10-20(2,3)25-21(4,5)11-17;7-3(8)1-6(13,5(11)12)2-4(9)10/h6-9,14,17,25H,10-13H2,1-5H3,(H,23,24);13H,1-2H2,(H,7,8)(H,9,10)(H,11,12). The molecule has 12 heteroatoms. The van der Waals surface area contributed by atoms with Crippen molar-refractivity contribution in [2.45, 2.75) is 96.1 Å². The number of aromatic amines is 1. The van der Waals surface area contributed by atoms with Gasteiger partial charge in [-0.25, -0.2) is 14.2 Å². The Morgan fingerprint density at radius 1 is 1.03 bits per heavy atom. The van der Waals surface area contributed by atoms with Crippen LogP contribution in [0, 0.1) is 12.7 Å². The van der Waals surface area contributed by atoms with Crippen LogP contribution < -0.4 is 5.32 Å². The number of benzene rings is 1. The molecule has 0 saturated carbocycles. The number of rotatable bonds is 10. The fourth-order valence-corrected chi connectivity index (χ4v) is 5.14. The Labute approximate surface area is 227 Å². The normalized spacial score (nSPS) is 16.8. The first-order valence-electron chi connectivity index (χ1n) is 12.6. The van der Waals surface area contributed by atoms with Gasteiger partial charge in [0.2, 0.25) is 0 Å². The zero-order valence-corrected chi connectivity index (χ0v) is 23.0. The molecule has 1 aliphatic heterocycles. The number of aryl methyl sites for hydroxylation is 1. The Morgan fingerprint density at radius 3 is 2.00 bits per heavy atom. The number of nitrogens with one attached hydrogen (secondary N) is 2. The second kappa shape index (κ2) is 12.7. The minimum Gasteiger partial charge on any atom is -0.481 e. The highest BCUT2D eigenvalue weighted by molar-refractivity contribution is 5.88. The van der Waals surface area contributed by atoms with E-state index in [2.05, 4.69) is 47.9 Å². The van der Waals surface area contributed by atoms with Gasteiger partial charge in [-0.2, -0.15) is 0 Å². The van der Waals surface area contributed by atoms with E-state index in [9.17, 15) is 18.8 Å². The number of nitrogens with zero attached hydrogens (tertiary/aromatic N) is 2. The number of piperidine rings is 1. The van der Waals surface area contributed by atoms with E-state index in [1.807, 2.05) is 19.1 Å². The van der Waals surface area contributed by atoms with Gasteiger partial charge in [-0.3, -0.25) is 14.5 Å². The zero-order valence-electron chi connectivity index (χ0n) is 23.0. The molecule has 6 N–H and O–H groups in total. The minimum atomic E-state index is -2.74. The van der Waals surface area contributed by atoms with Gasteiger partial charge in [0, 0.05) is 41.5 Å². The molecule has 1 aromatic heterocycles. The number of carboxylic acids is 3. The largest absolute Gasteiger partial charge is 0.481 e. The van der Waals surface area contributed by atoms with Crippen LogP contribution in [-0.2, 0) is 27.5 Å². The van der Waals surface area contributed by atoms with Crippen molar-refractivity contribution >= 4 is 17.9 Å². The van der Waals surface area contributed by atoms with Crippen molar-refractivity contribution in [2.75, 3.05) is 0 Å². The molecular weight excluding hydrogens is 511 g/mol. The lowest BCUT2D eigenvalue weighted by Crippen LogP contribution is -2.62. The van der Waals surface area contributed by atoms with Crippen LogP contribution in [0.5, 0.6) is 0 Å². The Balaban J connectivity index is 0.000000349. The van der Waals surface area contributed by atoms with Crippen molar-refractivity contribution in [3.05, 3.63) is 53.4 Å². The third-order valence-corrected chi connectivity index (χ3v) is 6.59. The van der Waals surface area contributed by atoms with Gasteiger partial charge < -0.3 is 30.7 Å². The van der Waals surface area contributed by atoms with Crippen LogP contribution >= 0.6 is 0 Å². The van der Waals surface area contributed by atoms with E-state index in [1.165, 1.54) is 0 Å². The fraction of sp³-hybridized carbons (Fsp3) is 0.556. The van der Waals surface area contributed by atoms with Crippen molar-refractivity contribution in [3.63, 3.8) is 0 Å². The van der Waals surface area contributed by atoms with E-state index in [1.54, 1.807) is 18.5 Å². The number of hydrogen-bond donors (Lipinski definition) is 6. The molecule has 11 nitrogen and oxygen atoms in total. The molecule has 3 rings (SSSR count). The van der Waals surface area contributed by atoms with Crippen LogP contribution in [0.25, 0.3) is 0 Å². The number of H-pyrrole nitrogens is 1. The third-order valence-electron chi connectivity index (χ3n) is 6.59. The minimum absolute atomic E-state index is 0.0422. The highest BCUT2D eigenvalue weighted by Crippen LogP contribution is 2.33. The molecule has 0 aliphatic carbocycles. The Kier molecular flexibility index (Phi) is 10.4. The van der Waals surface area contributed by atoms with Crippen LogP contribution in [0.3, 0.4) is 0 Å². The maximum absolute atomic E-state index is 14.3. The lowest BCUT2D eigenvalue weighted by molar-refractivity contribution is -0.170. The van der Waals surface area contributed by atoms with Gasteiger partial charge in [0.05, 0.1) is 24.9 Å². The number of imidazole rings is 1. The molecule has 0 radical (unpaired) electrons. The number of aliphatic hydroxyl groups is 1. The molecule has 1 saturated heterocycles. The van der Waals surface area contributed by atoms with Crippen molar-refractivity contribution < 1.29 is 39.2 Å². The molecule has 216 valence electrons. The molecule has 0 amide bonds. The second-order valence-corrected chi connectivity index (χ2v) is 11.4. The van der Waals surface area contributed by atoms with E-state index >= 15 is 0 Å². The maximum atomic E-state index is 14.3. The summed E-state index contributed by atoms with van der Waals surface area (Å²) in [5, 5.41) is 37.6. The van der Waals surface area contributed by atoms with Crippen molar-refractivity contribution in [1.29, 1.82) is 0 Å². The first-order chi connectivity index (χ1) is 17.9. The van der Waals surface area contributed by atoms with Gasteiger partial charge in [-0.1, -0.05) is 18.2 Å².